The Bertz CT molecular complexity index is 427. The Balaban J connectivity index is 1.91. The highest BCUT2D eigenvalue weighted by Crippen LogP contribution is 2.38. The minimum absolute atomic E-state index is 0.600. The van der Waals surface area contributed by atoms with Gasteiger partial charge in [0.2, 0.25) is 0 Å². The van der Waals surface area contributed by atoms with Crippen LogP contribution < -0.4 is 0 Å². The zero-order chi connectivity index (χ0) is 10.3. The second-order valence-corrected chi connectivity index (χ2v) is 5.30. The van der Waals surface area contributed by atoms with E-state index in [0.29, 0.717) is 5.37 Å². The number of thiocarbonyl (C=S) groups is 1. The maximum atomic E-state index is 5.24. The van der Waals surface area contributed by atoms with Gasteiger partial charge < -0.3 is 4.90 Å². The lowest BCUT2D eigenvalue weighted by Crippen LogP contribution is -2.47. The highest BCUT2D eigenvalue weighted by molar-refractivity contribution is 8.00. The molecular formula is C11H10N2S2. The Hall–Kier alpha value is -0.870. The van der Waals surface area contributed by atoms with Crippen molar-refractivity contribution in [3.05, 3.63) is 36.3 Å². The number of nitrogens with zero attached hydrogens (tertiary/aromatic N) is 2. The van der Waals surface area contributed by atoms with Gasteiger partial charge in [0.1, 0.15) is 0 Å². The van der Waals surface area contributed by atoms with E-state index in [2.05, 4.69) is 28.2 Å². The molecule has 0 saturated carbocycles. The lowest BCUT2D eigenvalue weighted by molar-refractivity contribution is 0.447. The molecule has 15 heavy (non-hydrogen) atoms. The quantitative estimate of drug-likeness (QED) is 0.694. The van der Waals surface area contributed by atoms with Crippen molar-refractivity contribution in [2.75, 3.05) is 5.75 Å². The van der Waals surface area contributed by atoms with Gasteiger partial charge in [-0.3, -0.25) is 4.98 Å². The highest BCUT2D eigenvalue weighted by Gasteiger charge is 2.34. The standard InChI is InChI=1S/C11H10N2S2/c14-10-5-11-13(10)6-9(7-15-11)8-1-3-12-4-2-8/h1-4,6,11H,5,7H2/t11-/m0/s1. The third kappa shape index (κ3) is 1.58. The predicted molar refractivity (Wildman–Crippen MR) is 67.5 cm³/mol. The molecule has 3 rings (SSSR count). The summed E-state index contributed by atoms with van der Waals surface area (Å²) in [5, 5.41) is 0.600. The summed E-state index contributed by atoms with van der Waals surface area (Å²) < 4.78 is 0. The van der Waals surface area contributed by atoms with Crippen molar-refractivity contribution in [2.24, 2.45) is 0 Å². The van der Waals surface area contributed by atoms with Gasteiger partial charge in [-0.15, -0.1) is 11.8 Å². The van der Waals surface area contributed by atoms with Crippen LogP contribution in [0.1, 0.15) is 12.0 Å². The summed E-state index contributed by atoms with van der Waals surface area (Å²) in [5.41, 5.74) is 2.60. The van der Waals surface area contributed by atoms with Gasteiger partial charge in [-0.05, 0) is 23.3 Å². The minimum atomic E-state index is 0.600. The van der Waals surface area contributed by atoms with E-state index in [9.17, 15) is 0 Å². The molecule has 0 aromatic carbocycles. The monoisotopic (exact) mass is 234 g/mol. The summed E-state index contributed by atoms with van der Waals surface area (Å²) in [6.07, 6.45) is 6.94. The molecule has 0 unspecified atom stereocenters. The lowest BCUT2D eigenvalue weighted by atomic mass is 10.1. The molecule has 3 heterocycles. The zero-order valence-corrected chi connectivity index (χ0v) is 9.72. The summed E-state index contributed by atoms with van der Waals surface area (Å²) in [6.45, 7) is 0. The number of fused-ring (bicyclic) bond motifs is 1. The van der Waals surface area contributed by atoms with Crippen LogP contribution in [0.15, 0.2) is 30.7 Å². The first-order valence-electron chi connectivity index (χ1n) is 4.88. The molecule has 2 aliphatic rings. The molecule has 1 atom stereocenters. The van der Waals surface area contributed by atoms with Crippen LogP contribution in [-0.2, 0) is 0 Å². The highest BCUT2D eigenvalue weighted by atomic mass is 32.2. The van der Waals surface area contributed by atoms with Crippen LogP contribution in [0.25, 0.3) is 5.57 Å². The van der Waals surface area contributed by atoms with Gasteiger partial charge in [-0.1, -0.05) is 12.2 Å². The van der Waals surface area contributed by atoms with E-state index in [1.807, 2.05) is 24.2 Å². The molecular weight excluding hydrogens is 224 g/mol. The van der Waals surface area contributed by atoms with Gasteiger partial charge in [0.25, 0.3) is 0 Å². The van der Waals surface area contributed by atoms with E-state index < -0.39 is 0 Å². The summed E-state index contributed by atoms with van der Waals surface area (Å²) in [5.74, 6) is 1.08. The average molecular weight is 234 g/mol. The van der Waals surface area contributed by atoms with Crippen LogP contribution >= 0.6 is 24.0 Å². The van der Waals surface area contributed by atoms with Gasteiger partial charge in [-0.2, -0.15) is 0 Å². The lowest BCUT2D eigenvalue weighted by Gasteiger charge is -2.43. The van der Waals surface area contributed by atoms with E-state index in [1.54, 1.807) is 0 Å². The third-order valence-electron chi connectivity index (χ3n) is 2.72. The molecule has 4 heteroatoms. The third-order valence-corrected chi connectivity index (χ3v) is 4.36. The first kappa shape index (κ1) is 9.36. The van der Waals surface area contributed by atoms with Crippen LogP contribution in [0.4, 0.5) is 0 Å². The first-order valence-corrected chi connectivity index (χ1v) is 6.34. The Morgan fingerprint density at radius 1 is 1.40 bits per heavy atom. The molecule has 1 fully saturated rings. The molecule has 2 aliphatic heterocycles. The Kier molecular flexibility index (Phi) is 2.25. The summed E-state index contributed by atoms with van der Waals surface area (Å²) in [7, 11) is 0. The summed E-state index contributed by atoms with van der Waals surface area (Å²) >= 11 is 7.21. The van der Waals surface area contributed by atoms with Crippen molar-refractivity contribution in [3.63, 3.8) is 0 Å². The van der Waals surface area contributed by atoms with Crippen molar-refractivity contribution in [3.8, 4) is 0 Å². The second-order valence-electron chi connectivity index (χ2n) is 3.66. The molecule has 1 saturated heterocycles. The average Bonchev–Trinajstić information content (AvgIpc) is 2.29. The van der Waals surface area contributed by atoms with E-state index in [0.717, 1.165) is 17.2 Å². The van der Waals surface area contributed by atoms with Crippen molar-refractivity contribution < 1.29 is 0 Å². The number of hydrogen-bond donors (Lipinski definition) is 0. The Morgan fingerprint density at radius 3 is 2.93 bits per heavy atom. The Labute approximate surface area is 98.4 Å². The molecule has 1 aromatic rings. The molecule has 0 aliphatic carbocycles. The number of rotatable bonds is 1. The fraction of sp³-hybridized carbons (Fsp3) is 0.273. The molecule has 0 amide bonds. The van der Waals surface area contributed by atoms with Crippen LogP contribution in [0, 0.1) is 0 Å². The largest absolute Gasteiger partial charge is 0.329 e. The van der Waals surface area contributed by atoms with E-state index in [-0.39, 0.29) is 0 Å². The SMILES string of the molecule is S=C1C[C@@H]2SCC(c3ccncc3)=CN12. The van der Waals surface area contributed by atoms with Crippen LogP contribution in [0.2, 0.25) is 0 Å². The van der Waals surface area contributed by atoms with Gasteiger partial charge in [-0.25, -0.2) is 0 Å². The maximum absolute atomic E-state index is 5.24. The smallest absolute Gasteiger partial charge is 0.0864 e. The molecule has 0 N–H and O–H groups in total. The normalized spacial score (nSPS) is 24.3. The predicted octanol–water partition coefficient (Wildman–Crippen LogP) is 2.53. The van der Waals surface area contributed by atoms with Crippen LogP contribution in [0.5, 0.6) is 0 Å². The van der Waals surface area contributed by atoms with Gasteiger partial charge in [0.15, 0.2) is 0 Å². The molecule has 1 aromatic heterocycles. The molecule has 0 spiro atoms. The number of hydrogen-bond acceptors (Lipinski definition) is 3. The number of thioether (sulfide) groups is 1. The van der Waals surface area contributed by atoms with Crippen molar-refractivity contribution in [1.82, 2.24) is 9.88 Å². The fourth-order valence-corrected chi connectivity index (χ4v) is 3.56. The molecule has 0 bridgehead atoms. The van der Waals surface area contributed by atoms with E-state index in [4.69, 9.17) is 12.2 Å². The van der Waals surface area contributed by atoms with E-state index >= 15 is 0 Å². The van der Waals surface area contributed by atoms with Crippen molar-refractivity contribution >= 4 is 34.5 Å². The Morgan fingerprint density at radius 2 is 2.20 bits per heavy atom. The molecule has 76 valence electrons. The van der Waals surface area contributed by atoms with Crippen LogP contribution in [-0.4, -0.2) is 26.0 Å². The fourth-order valence-electron chi connectivity index (χ4n) is 1.81. The molecule has 2 nitrogen and oxygen atoms in total. The van der Waals surface area contributed by atoms with Crippen LogP contribution in [0.3, 0.4) is 0 Å². The topological polar surface area (TPSA) is 16.1 Å². The number of aromatic nitrogens is 1. The zero-order valence-electron chi connectivity index (χ0n) is 8.09. The van der Waals surface area contributed by atoms with Crippen molar-refractivity contribution in [2.45, 2.75) is 11.8 Å². The number of pyridine rings is 1. The van der Waals surface area contributed by atoms with Gasteiger partial charge >= 0.3 is 0 Å². The second kappa shape index (κ2) is 3.61. The summed E-state index contributed by atoms with van der Waals surface area (Å²) in [4.78, 5) is 7.31. The maximum Gasteiger partial charge on any atom is 0.0864 e. The van der Waals surface area contributed by atoms with Crippen molar-refractivity contribution in [1.29, 1.82) is 0 Å². The van der Waals surface area contributed by atoms with E-state index in [1.165, 1.54) is 11.1 Å². The summed E-state index contributed by atoms with van der Waals surface area (Å²) in [6, 6.07) is 4.10. The van der Waals surface area contributed by atoms with Gasteiger partial charge in [0.05, 0.1) is 10.4 Å². The minimum Gasteiger partial charge on any atom is -0.329 e. The van der Waals surface area contributed by atoms with Gasteiger partial charge in [0, 0.05) is 30.8 Å². The first-order chi connectivity index (χ1) is 7.34. The molecule has 0 radical (unpaired) electrons.